The van der Waals surface area contributed by atoms with Crippen LogP contribution in [0.4, 0.5) is 0 Å². The molecule has 0 aromatic carbocycles. The Balaban J connectivity index is 3.93. The Morgan fingerprint density at radius 1 is 0.821 bits per heavy atom. The van der Waals surface area contributed by atoms with E-state index >= 15 is 0 Å². The minimum atomic E-state index is -3.55. The molecule has 0 saturated heterocycles. The largest absolute Gasteiger partial charge is 0.370 e. The molecule has 0 aliphatic rings. The molecule has 28 heavy (non-hydrogen) atoms. The fourth-order valence-corrected chi connectivity index (χ4v) is 4.90. The molecule has 0 aliphatic carbocycles. The van der Waals surface area contributed by atoms with E-state index in [9.17, 15) is 23.8 Å². The number of nitrogens with two attached hydrogens (primary N) is 2. The van der Waals surface area contributed by atoms with E-state index < -0.39 is 7.52 Å². The van der Waals surface area contributed by atoms with Gasteiger partial charge in [-0.25, -0.2) is 0 Å². The lowest BCUT2D eigenvalue weighted by atomic mass is 9.83. The molecule has 0 heterocycles. The number of carbonyl (C=O) groups excluding carboxylic acids is 3. The standard InChI is InChI=1S/C20H39N2O5P/c1-19(2,14-18(21)25)12-6-10-16(23)8-5-9-17(24)11-7-13-20(3,4)15-28(22,26)27/h5-15H2,1-4H3,(H2,21,25)(H3,22,26,27). The van der Waals surface area contributed by atoms with Crippen molar-refractivity contribution in [1.29, 1.82) is 0 Å². The van der Waals surface area contributed by atoms with Crippen LogP contribution < -0.4 is 11.2 Å². The first-order valence-electron chi connectivity index (χ1n) is 10.0. The van der Waals surface area contributed by atoms with Gasteiger partial charge in [0.1, 0.15) is 11.6 Å². The fourth-order valence-electron chi connectivity index (χ4n) is 3.51. The molecule has 1 amide bonds. The zero-order valence-electron chi connectivity index (χ0n) is 18.0. The smallest absolute Gasteiger partial charge is 0.265 e. The highest BCUT2D eigenvalue weighted by atomic mass is 31.2. The summed E-state index contributed by atoms with van der Waals surface area (Å²) < 4.78 is 11.3. The third kappa shape index (κ3) is 16.0. The predicted molar refractivity (Wildman–Crippen MR) is 112 cm³/mol. The van der Waals surface area contributed by atoms with Crippen LogP contribution >= 0.6 is 7.52 Å². The Hall–Kier alpha value is -1.04. The molecule has 0 bridgehead atoms. The van der Waals surface area contributed by atoms with E-state index in [1.807, 2.05) is 27.7 Å². The number of hydrogen-bond donors (Lipinski definition) is 3. The first kappa shape index (κ1) is 27.0. The molecule has 0 aliphatic heterocycles. The fraction of sp³-hybridized carbons (Fsp3) is 0.850. The molecule has 0 aromatic rings. The average molecular weight is 419 g/mol. The number of amides is 1. The van der Waals surface area contributed by atoms with Gasteiger partial charge in [0.05, 0.1) is 0 Å². The van der Waals surface area contributed by atoms with E-state index in [-0.39, 0.29) is 34.5 Å². The second-order valence-corrected chi connectivity index (χ2v) is 11.4. The van der Waals surface area contributed by atoms with Gasteiger partial charge in [0.2, 0.25) is 5.91 Å². The predicted octanol–water partition coefficient (Wildman–Crippen LogP) is 3.71. The van der Waals surface area contributed by atoms with Crippen LogP contribution in [0, 0.1) is 10.8 Å². The van der Waals surface area contributed by atoms with E-state index in [1.54, 1.807) is 0 Å². The lowest BCUT2D eigenvalue weighted by Crippen LogP contribution is -2.22. The molecule has 0 rings (SSSR count). The van der Waals surface area contributed by atoms with Gasteiger partial charge in [0.15, 0.2) is 0 Å². The lowest BCUT2D eigenvalue weighted by Gasteiger charge is -2.25. The zero-order valence-corrected chi connectivity index (χ0v) is 18.9. The topological polar surface area (TPSA) is 141 Å². The second-order valence-electron chi connectivity index (χ2n) is 9.52. The molecule has 0 spiro atoms. The summed E-state index contributed by atoms with van der Waals surface area (Å²) in [5.41, 5.74) is 9.87. The molecule has 164 valence electrons. The SMILES string of the molecule is CC(C)(CCCC(=O)CCCC(=O)CCCC(C)(C)CP(N)(=O)O)CC(N)=O. The van der Waals surface area contributed by atoms with Crippen LogP contribution in [0.1, 0.15) is 91.9 Å². The van der Waals surface area contributed by atoms with Crippen molar-refractivity contribution in [1.82, 2.24) is 0 Å². The normalized spacial score (nSPS) is 14.5. The number of Topliss-reactive ketones (excluding diaryl/α,β-unsaturated/α-hetero) is 2. The van der Waals surface area contributed by atoms with Crippen molar-refractivity contribution in [3.8, 4) is 0 Å². The Morgan fingerprint density at radius 2 is 1.21 bits per heavy atom. The first-order chi connectivity index (χ1) is 12.6. The maximum Gasteiger partial charge on any atom is 0.265 e. The Labute approximate surface area is 169 Å². The van der Waals surface area contributed by atoms with Gasteiger partial charge in [-0.15, -0.1) is 0 Å². The van der Waals surface area contributed by atoms with E-state index in [0.29, 0.717) is 51.4 Å². The summed E-state index contributed by atoms with van der Waals surface area (Å²) in [6.07, 6.45) is 5.35. The lowest BCUT2D eigenvalue weighted by molar-refractivity contribution is -0.121. The third-order valence-corrected chi connectivity index (χ3v) is 6.15. The second kappa shape index (κ2) is 11.8. The van der Waals surface area contributed by atoms with Crippen LogP contribution in [-0.2, 0) is 18.9 Å². The zero-order chi connectivity index (χ0) is 22.0. The van der Waals surface area contributed by atoms with E-state index in [0.717, 1.165) is 12.8 Å². The molecule has 0 saturated carbocycles. The van der Waals surface area contributed by atoms with Crippen LogP contribution in [0.3, 0.4) is 0 Å². The highest BCUT2D eigenvalue weighted by Gasteiger charge is 2.26. The quantitative estimate of drug-likeness (QED) is 0.326. The maximum atomic E-state index is 12.0. The van der Waals surface area contributed by atoms with Crippen molar-refractivity contribution >= 4 is 25.0 Å². The summed E-state index contributed by atoms with van der Waals surface area (Å²) >= 11 is 0. The monoisotopic (exact) mass is 418 g/mol. The number of primary amides is 1. The van der Waals surface area contributed by atoms with Gasteiger partial charge in [-0.1, -0.05) is 27.7 Å². The van der Waals surface area contributed by atoms with Crippen molar-refractivity contribution in [2.75, 3.05) is 6.16 Å². The molecule has 1 atom stereocenters. The van der Waals surface area contributed by atoms with Crippen molar-refractivity contribution in [3.05, 3.63) is 0 Å². The highest BCUT2D eigenvalue weighted by Crippen LogP contribution is 2.40. The summed E-state index contributed by atoms with van der Waals surface area (Å²) in [5.74, 6) is -0.0665. The van der Waals surface area contributed by atoms with Crippen LogP contribution in [0.25, 0.3) is 0 Å². The van der Waals surface area contributed by atoms with Crippen molar-refractivity contribution < 1.29 is 23.8 Å². The van der Waals surface area contributed by atoms with Crippen molar-refractivity contribution in [2.24, 2.45) is 22.1 Å². The molecule has 0 aromatic heterocycles. The van der Waals surface area contributed by atoms with Gasteiger partial charge in [-0.05, 0) is 42.9 Å². The number of rotatable bonds is 16. The summed E-state index contributed by atoms with van der Waals surface area (Å²) in [4.78, 5) is 44.2. The summed E-state index contributed by atoms with van der Waals surface area (Å²) in [6, 6.07) is 0. The van der Waals surface area contributed by atoms with Crippen LogP contribution in [0.5, 0.6) is 0 Å². The maximum absolute atomic E-state index is 12.0. The molecule has 7 nitrogen and oxygen atoms in total. The van der Waals surface area contributed by atoms with Crippen LogP contribution in [-0.4, -0.2) is 28.5 Å². The van der Waals surface area contributed by atoms with Crippen molar-refractivity contribution in [3.63, 3.8) is 0 Å². The average Bonchev–Trinajstić information content (AvgIpc) is 2.42. The molecule has 5 N–H and O–H groups in total. The molecular formula is C20H39N2O5P. The van der Waals surface area contributed by atoms with Gasteiger partial charge in [0, 0.05) is 38.3 Å². The van der Waals surface area contributed by atoms with Crippen LogP contribution in [0.2, 0.25) is 0 Å². The summed E-state index contributed by atoms with van der Waals surface area (Å²) in [7, 11) is -3.55. The van der Waals surface area contributed by atoms with Gasteiger partial charge in [-0.3, -0.25) is 24.5 Å². The Morgan fingerprint density at radius 3 is 1.61 bits per heavy atom. The van der Waals surface area contributed by atoms with E-state index in [2.05, 4.69) is 0 Å². The van der Waals surface area contributed by atoms with Gasteiger partial charge in [0.25, 0.3) is 7.52 Å². The number of ketones is 2. The number of hydrogen-bond acceptors (Lipinski definition) is 4. The summed E-state index contributed by atoms with van der Waals surface area (Å²) in [6.45, 7) is 7.68. The minimum absolute atomic E-state index is 0.0406. The molecule has 0 radical (unpaired) electrons. The van der Waals surface area contributed by atoms with Gasteiger partial charge < -0.3 is 10.6 Å². The van der Waals surface area contributed by atoms with Gasteiger partial charge in [-0.2, -0.15) is 0 Å². The summed E-state index contributed by atoms with van der Waals surface area (Å²) in [5, 5.41) is 0. The number of carbonyl (C=O) groups is 3. The Kier molecular flexibility index (Phi) is 11.4. The minimum Gasteiger partial charge on any atom is -0.370 e. The van der Waals surface area contributed by atoms with Crippen LogP contribution in [0.15, 0.2) is 0 Å². The van der Waals surface area contributed by atoms with Gasteiger partial charge >= 0.3 is 0 Å². The molecule has 1 unspecified atom stereocenters. The first-order valence-corrected chi connectivity index (χ1v) is 12.0. The molecule has 0 fully saturated rings. The van der Waals surface area contributed by atoms with Crippen molar-refractivity contribution in [2.45, 2.75) is 91.9 Å². The van der Waals surface area contributed by atoms with E-state index in [4.69, 9.17) is 11.2 Å². The molecule has 8 heteroatoms. The van der Waals surface area contributed by atoms with E-state index in [1.165, 1.54) is 0 Å². The third-order valence-electron chi connectivity index (χ3n) is 4.84. The Bertz CT molecular complexity index is 581. The highest BCUT2D eigenvalue weighted by molar-refractivity contribution is 7.55. The molecular weight excluding hydrogens is 379 g/mol.